The number of fused-ring (bicyclic) bond motifs is 5. The third-order valence-corrected chi connectivity index (χ3v) is 20.3. The summed E-state index contributed by atoms with van der Waals surface area (Å²) >= 11 is 0. The van der Waals surface area contributed by atoms with E-state index in [1.807, 2.05) is 20.8 Å². The Balaban J connectivity index is 0.859. The maximum Gasteiger partial charge on any atom is 0.309 e. The Hall–Kier alpha value is -1.78. The molecule has 4 saturated heterocycles. The maximum absolute atomic E-state index is 13.1. The normalized spacial score (nSPS) is 50.9. The zero-order valence-electron chi connectivity index (χ0n) is 47.2. The average molecular weight is 1110 g/mol. The summed E-state index contributed by atoms with van der Waals surface area (Å²) < 4.78 is 80.2. The van der Waals surface area contributed by atoms with Gasteiger partial charge < -0.3 is 97.3 Å². The fourth-order valence-electron chi connectivity index (χ4n) is 15.4. The molecule has 7 N–H and O–H groups in total. The Morgan fingerprint density at radius 3 is 1.84 bits per heavy atom. The number of aliphatic hydroxyl groups is 7. The van der Waals surface area contributed by atoms with Gasteiger partial charge in [-0.3, -0.25) is 9.59 Å². The first-order valence-electron chi connectivity index (χ1n) is 28.3. The van der Waals surface area contributed by atoms with Crippen molar-refractivity contribution in [2.75, 3.05) is 27.9 Å². The molecule has 4 saturated carbocycles. The molecular weight excluding hydrogens is 1010 g/mol. The van der Waals surface area contributed by atoms with Crippen LogP contribution in [0.2, 0.25) is 0 Å². The molecule has 22 nitrogen and oxygen atoms in total. The van der Waals surface area contributed by atoms with E-state index in [0.29, 0.717) is 25.7 Å². The first-order chi connectivity index (χ1) is 36.3. The van der Waals surface area contributed by atoms with Crippen LogP contribution in [0.4, 0.5) is 0 Å². The fourth-order valence-corrected chi connectivity index (χ4v) is 15.4. The smallest absolute Gasteiger partial charge is 0.309 e. The SMILES string of the molecule is CC[C@@H](C)C(=O)O[C@H](C)[C@]1(O)CC[C@@]2(O)[C@@H]3CC[C@H]4C[C@H](O[C@H]5C[C@@H](OC)[C@H](O[C@H]6C[C@@H](OC)[C@H](O[C@H]7O[C@@H](C)[C@H](O[C@H]8O[C@@H](CO)[C@H](O)[C@@H](O)[C@@H]8O)[C@@H](OC)[C@@H]7O)[C@@H](C)O6)[C@@H](C)O5)CC[C@@]4(C)[C@H]3C[C@@H](OC(C)=O)[C@@]21C. The summed E-state index contributed by atoms with van der Waals surface area (Å²) in [5.41, 5.74) is -4.51. The number of carbonyl (C=O) groups excluding carboxylic acids is 2. The van der Waals surface area contributed by atoms with Gasteiger partial charge in [-0.1, -0.05) is 27.7 Å². The first kappa shape index (κ1) is 61.3. The van der Waals surface area contributed by atoms with Gasteiger partial charge in [-0.25, -0.2) is 0 Å². The molecular formula is C55H92O22. The molecule has 29 atom stereocenters. The molecule has 0 aromatic rings. The number of rotatable bonds is 17. The van der Waals surface area contributed by atoms with Crippen LogP contribution >= 0.6 is 0 Å². The molecule has 77 heavy (non-hydrogen) atoms. The molecule has 0 unspecified atom stereocenters. The first-order valence-corrected chi connectivity index (χ1v) is 28.3. The second-order valence-electron chi connectivity index (χ2n) is 24.3. The van der Waals surface area contributed by atoms with Gasteiger partial charge in [0.1, 0.15) is 72.7 Å². The summed E-state index contributed by atoms with van der Waals surface area (Å²) in [4.78, 5) is 25.9. The van der Waals surface area contributed by atoms with Gasteiger partial charge in [0.25, 0.3) is 0 Å². The molecule has 4 aliphatic carbocycles. The molecule has 0 radical (unpaired) electrons. The van der Waals surface area contributed by atoms with Crippen LogP contribution in [0.3, 0.4) is 0 Å². The lowest BCUT2D eigenvalue weighted by atomic mass is 9.42. The Labute approximate surface area is 453 Å². The van der Waals surface area contributed by atoms with Crippen LogP contribution < -0.4 is 0 Å². The van der Waals surface area contributed by atoms with E-state index in [-0.39, 0.29) is 48.0 Å². The molecule has 444 valence electrons. The standard InChI is InChI=1S/C55H92O22/c1-13-25(2)49(62)71-29(6)54(63)18-19-55(64)33-15-14-31-20-32(16-17-52(31,8)34(33)21-38(53(54,55)9)72-30(7)57)73-39-22-35(65-10)45(26(3)68-39)75-40-23-36(66-11)46(27(4)69-40)76-51-44(61)48(67-12)47(28(5)70-51)77-50-43(60)42(59)41(58)37(24-56)74-50/h25-29,31-48,50-51,56,58-61,63-64H,13-24H2,1-12H3/t25-,26-,27-,28+,29-,31+,32-,33-,34+,35-,36-,37+,38-,39+,40+,41+,42-,43+,44+,45-,46-,47+,48+,50-,51-,52-,53-,54-,55-/m1/s1. The molecule has 0 spiro atoms. The molecule has 8 fully saturated rings. The summed E-state index contributed by atoms with van der Waals surface area (Å²) in [5, 5.41) is 78.1. The maximum atomic E-state index is 13.1. The second-order valence-corrected chi connectivity index (χ2v) is 24.3. The van der Waals surface area contributed by atoms with Gasteiger partial charge in [-0.15, -0.1) is 0 Å². The minimum absolute atomic E-state index is 0.00134. The van der Waals surface area contributed by atoms with Crippen LogP contribution in [0.25, 0.3) is 0 Å². The number of hydrogen-bond donors (Lipinski definition) is 7. The van der Waals surface area contributed by atoms with Gasteiger partial charge in [-0.05, 0) is 109 Å². The highest BCUT2D eigenvalue weighted by molar-refractivity contribution is 5.72. The quantitative estimate of drug-likeness (QED) is 0.0811. The average Bonchev–Trinajstić information content (AvgIpc) is 3.92. The number of carbonyl (C=O) groups is 2. The third-order valence-electron chi connectivity index (χ3n) is 20.3. The number of aliphatic hydroxyl groups excluding tert-OH is 5. The Kier molecular flexibility index (Phi) is 19.3. The minimum Gasteiger partial charge on any atom is -0.462 e. The second kappa shape index (κ2) is 24.2. The highest BCUT2D eigenvalue weighted by atomic mass is 16.8. The van der Waals surface area contributed by atoms with E-state index in [1.165, 1.54) is 14.0 Å². The highest BCUT2D eigenvalue weighted by Gasteiger charge is 2.77. The van der Waals surface area contributed by atoms with Gasteiger partial charge in [0.15, 0.2) is 25.2 Å². The van der Waals surface area contributed by atoms with Gasteiger partial charge in [0.2, 0.25) is 0 Å². The number of hydrogen-bond acceptors (Lipinski definition) is 22. The summed E-state index contributed by atoms with van der Waals surface area (Å²) in [5.74, 6) is -1.16. The molecule has 8 aliphatic rings. The molecule has 4 aliphatic heterocycles. The van der Waals surface area contributed by atoms with E-state index < -0.39 is 158 Å². The number of methoxy groups -OCH3 is 3. The van der Waals surface area contributed by atoms with Crippen molar-refractivity contribution in [2.24, 2.45) is 34.5 Å². The molecule has 0 bridgehead atoms. The summed E-state index contributed by atoms with van der Waals surface area (Å²) in [6.45, 7) is 15.6. The predicted molar refractivity (Wildman–Crippen MR) is 268 cm³/mol. The largest absolute Gasteiger partial charge is 0.462 e. The van der Waals surface area contributed by atoms with Gasteiger partial charge in [0, 0.05) is 41.1 Å². The van der Waals surface area contributed by atoms with E-state index >= 15 is 0 Å². The molecule has 8 rings (SSSR count). The van der Waals surface area contributed by atoms with E-state index in [9.17, 15) is 45.3 Å². The van der Waals surface area contributed by atoms with Crippen LogP contribution in [0, 0.1) is 34.5 Å². The Morgan fingerprint density at radius 1 is 0.649 bits per heavy atom. The van der Waals surface area contributed by atoms with Crippen LogP contribution in [-0.4, -0.2) is 216 Å². The molecule has 0 aromatic carbocycles. The molecule has 0 amide bonds. The number of esters is 2. The van der Waals surface area contributed by atoms with Crippen molar-refractivity contribution in [1.29, 1.82) is 0 Å². The van der Waals surface area contributed by atoms with E-state index in [1.54, 1.807) is 41.9 Å². The summed E-state index contributed by atoms with van der Waals surface area (Å²) in [6, 6.07) is 0. The lowest BCUT2D eigenvalue weighted by Gasteiger charge is -2.66. The minimum atomic E-state index is -1.67. The van der Waals surface area contributed by atoms with Crippen molar-refractivity contribution in [1.82, 2.24) is 0 Å². The highest BCUT2D eigenvalue weighted by Crippen LogP contribution is 2.71. The van der Waals surface area contributed by atoms with Gasteiger partial charge in [0.05, 0.1) is 60.2 Å². The van der Waals surface area contributed by atoms with E-state index in [0.717, 1.165) is 32.1 Å². The van der Waals surface area contributed by atoms with Crippen molar-refractivity contribution in [3.05, 3.63) is 0 Å². The van der Waals surface area contributed by atoms with Crippen molar-refractivity contribution < 1.29 is 107 Å². The Morgan fingerprint density at radius 2 is 1.25 bits per heavy atom. The zero-order valence-corrected chi connectivity index (χ0v) is 47.2. The van der Waals surface area contributed by atoms with E-state index in [2.05, 4.69) is 6.92 Å². The number of ether oxygens (including phenoxy) is 13. The topological polar surface area (TPSA) is 296 Å². The van der Waals surface area contributed by atoms with Gasteiger partial charge in [-0.2, -0.15) is 0 Å². The van der Waals surface area contributed by atoms with Crippen molar-refractivity contribution >= 4 is 11.9 Å². The summed E-state index contributed by atoms with van der Waals surface area (Å²) in [7, 11) is 4.55. The lowest BCUT2D eigenvalue weighted by Crippen LogP contribution is -2.72. The van der Waals surface area contributed by atoms with Crippen molar-refractivity contribution in [3.63, 3.8) is 0 Å². The van der Waals surface area contributed by atoms with Crippen molar-refractivity contribution in [2.45, 2.75) is 273 Å². The molecule has 22 heteroatoms. The Bertz CT molecular complexity index is 1980. The summed E-state index contributed by atoms with van der Waals surface area (Å²) in [6.07, 6.45) is -13.5. The predicted octanol–water partition coefficient (Wildman–Crippen LogP) is 2.16. The van der Waals surface area contributed by atoms with Crippen LogP contribution in [-0.2, 0) is 71.2 Å². The third kappa shape index (κ3) is 11.2. The molecule has 0 aromatic heterocycles. The molecule has 4 heterocycles. The van der Waals surface area contributed by atoms with E-state index in [4.69, 9.17) is 61.6 Å². The zero-order chi connectivity index (χ0) is 56.3. The van der Waals surface area contributed by atoms with Crippen molar-refractivity contribution in [3.8, 4) is 0 Å². The van der Waals surface area contributed by atoms with Crippen LogP contribution in [0.5, 0.6) is 0 Å². The monoisotopic (exact) mass is 1100 g/mol. The van der Waals surface area contributed by atoms with Gasteiger partial charge >= 0.3 is 11.9 Å². The fraction of sp³-hybridized carbons (Fsp3) is 0.964. The lowest BCUT2D eigenvalue weighted by molar-refractivity contribution is -0.373. The van der Waals surface area contributed by atoms with Crippen LogP contribution in [0.15, 0.2) is 0 Å². The van der Waals surface area contributed by atoms with Crippen LogP contribution in [0.1, 0.15) is 133 Å².